The molecule has 0 saturated heterocycles. The van der Waals surface area contributed by atoms with Crippen LogP contribution < -0.4 is 0 Å². The average Bonchev–Trinajstić information content (AvgIpc) is 2.51. The van der Waals surface area contributed by atoms with Gasteiger partial charge in [0.1, 0.15) is 0 Å². The summed E-state index contributed by atoms with van der Waals surface area (Å²) in [6.45, 7) is 0. The fourth-order valence-corrected chi connectivity index (χ4v) is 4.27. The smallest absolute Gasteiger partial charge is 0.0528 e. The van der Waals surface area contributed by atoms with Crippen LogP contribution in [0.3, 0.4) is 0 Å². The van der Waals surface area contributed by atoms with Crippen LogP contribution in [0.2, 0.25) is 0 Å². The van der Waals surface area contributed by atoms with Crippen LogP contribution in [0.4, 0.5) is 8.78 Å². The predicted octanol–water partition coefficient (Wildman–Crippen LogP) is 5.62. The number of hydrogen-bond donors (Lipinski definition) is 0. The first kappa shape index (κ1) is 17.6. The molecular weight excluding hydrogens is 393 g/mol. The Hall–Kier alpha value is 0.275. The summed E-state index contributed by atoms with van der Waals surface area (Å²) in [5.74, 6) is 0.518. The molecule has 0 heterocycles. The molecule has 2 aliphatic rings. The van der Waals surface area contributed by atoms with Crippen molar-refractivity contribution in [3.8, 4) is 0 Å². The second-order valence-electron chi connectivity index (χ2n) is 6.58. The first-order valence-electron chi connectivity index (χ1n) is 8.10. The van der Waals surface area contributed by atoms with Crippen molar-refractivity contribution < 1.29 is 44.4 Å². The van der Waals surface area contributed by atoms with Gasteiger partial charge in [0.05, 0.1) is 5.82 Å². The molecule has 21 heavy (non-hydrogen) atoms. The van der Waals surface area contributed by atoms with Crippen molar-refractivity contribution >= 4 is 0 Å². The fourth-order valence-electron chi connectivity index (χ4n) is 4.27. The molecule has 0 aromatic heterocycles. The zero-order chi connectivity index (χ0) is 13.9. The topological polar surface area (TPSA) is 0 Å². The number of benzene rings is 1. The van der Waals surface area contributed by atoms with Gasteiger partial charge < -0.3 is 0 Å². The van der Waals surface area contributed by atoms with Crippen molar-refractivity contribution in [1.82, 2.24) is 0 Å². The van der Waals surface area contributed by atoms with Crippen LogP contribution in [0.1, 0.15) is 69.3 Å². The molecule has 3 heteroatoms. The minimum Gasteiger partial charge on any atom is -0.281 e. The molecule has 0 N–H and O–H groups in total. The first-order chi connectivity index (χ1) is 9.75. The van der Waals surface area contributed by atoms with E-state index in [9.17, 15) is 8.78 Å². The second kappa shape index (κ2) is 8.22. The van der Waals surface area contributed by atoms with Gasteiger partial charge in [-0.1, -0.05) is 63.7 Å². The van der Waals surface area contributed by atoms with Crippen molar-refractivity contribution in [2.45, 2.75) is 63.7 Å². The third-order valence-electron chi connectivity index (χ3n) is 5.44. The fraction of sp³-hybridized carbons (Fsp3) is 0.667. The molecule has 0 nitrogen and oxygen atoms in total. The first-order valence-corrected chi connectivity index (χ1v) is 8.10. The van der Waals surface area contributed by atoms with Gasteiger partial charge in [0, 0.05) is 41.4 Å². The summed E-state index contributed by atoms with van der Waals surface area (Å²) in [7, 11) is 0. The van der Waals surface area contributed by atoms with E-state index in [1.54, 1.807) is 6.07 Å². The Bertz CT molecular complexity index is 447. The maximum absolute atomic E-state index is 13.8. The Morgan fingerprint density at radius 1 is 0.810 bits per heavy atom. The molecule has 0 bridgehead atoms. The van der Waals surface area contributed by atoms with E-state index in [-0.39, 0.29) is 41.5 Å². The Morgan fingerprint density at radius 2 is 1.43 bits per heavy atom. The van der Waals surface area contributed by atoms with Crippen LogP contribution in [0, 0.1) is 65.1 Å². The maximum atomic E-state index is 13.8. The molecule has 2 aliphatic carbocycles. The van der Waals surface area contributed by atoms with Crippen molar-refractivity contribution in [2.75, 3.05) is 0 Å². The Kier molecular flexibility index (Phi) is 6.90. The summed E-state index contributed by atoms with van der Waals surface area (Å²) < 4.78 is 27.1. The molecule has 2 saturated carbocycles. The molecule has 1 aromatic rings. The molecule has 113 valence electrons. The largest absolute Gasteiger partial charge is 0.281 e. The van der Waals surface area contributed by atoms with Crippen LogP contribution in [-0.2, 0) is 0 Å². The summed E-state index contributed by atoms with van der Waals surface area (Å²) >= 11 is 0. The Labute approximate surface area is 154 Å². The van der Waals surface area contributed by atoms with Gasteiger partial charge in [-0.25, -0.2) is 4.39 Å². The standard InChI is InChI=1S/C18H23F2.La/c19-17-8-4-7-16(18(17)20)15-11-9-14(10-12-15)13-5-2-1-3-6-13;/h7-8,13-15H,1-3,5-6,9-12H2;/q-1;. The third-order valence-corrected chi connectivity index (χ3v) is 5.44. The van der Waals surface area contributed by atoms with Crippen LogP contribution in [-0.4, -0.2) is 0 Å². The molecule has 0 unspecified atom stereocenters. The number of halogens is 2. The van der Waals surface area contributed by atoms with Gasteiger partial charge >= 0.3 is 0 Å². The molecule has 3 rings (SSSR count). The van der Waals surface area contributed by atoms with Crippen LogP contribution in [0.25, 0.3) is 0 Å². The average molecular weight is 416 g/mol. The molecule has 0 atom stereocenters. The van der Waals surface area contributed by atoms with E-state index in [1.807, 2.05) is 0 Å². The van der Waals surface area contributed by atoms with Gasteiger partial charge in [-0.15, -0.1) is 11.6 Å². The van der Waals surface area contributed by atoms with Crippen molar-refractivity contribution in [2.24, 2.45) is 11.8 Å². The van der Waals surface area contributed by atoms with Gasteiger partial charge in [0.2, 0.25) is 0 Å². The molecule has 0 spiro atoms. The predicted molar refractivity (Wildman–Crippen MR) is 76.5 cm³/mol. The van der Waals surface area contributed by atoms with Gasteiger partial charge in [-0.3, -0.25) is 4.39 Å². The van der Waals surface area contributed by atoms with Crippen LogP contribution in [0.5, 0.6) is 0 Å². The van der Waals surface area contributed by atoms with Gasteiger partial charge in [0.15, 0.2) is 0 Å². The second-order valence-corrected chi connectivity index (χ2v) is 6.58. The van der Waals surface area contributed by atoms with E-state index >= 15 is 0 Å². The summed E-state index contributed by atoms with van der Waals surface area (Å²) in [5, 5.41) is 0. The molecule has 0 amide bonds. The van der Waals surface area contributed by atoms with E-state index < -0.39 is 11.6 Å². The quantitative estimate of drug-likeness (QED) is 0.549. The molecule has 1 radical (unpaired) electrons. The summed E-state index contributed by atoms with van der Waals surface area (Å²) in [5.41, 5.74) is 0.548. The number of rotatable bonds is 2. The molecule has 0 aliphatic heterocycles. The zero-order valence-corrected chi connectivity index (χ0v) is 16.2. The van der Waals surface area contributed by atoms with E-state index in [0.29, 0.717) is 5.56 Å². The summed E-state index contributed by atoms with van der Waals surface area (Å²) in [6.07, 6.45) is 11.3. The molecule has 1 aromatic carbocycles. The number of hydrogen-bond acceptors (Lipinski definition) is 0. The monoisotopic (exact) mass is 416 g/mol. The van der Waals surface area contributed by atoms with Crippen LogP contribution in [0.15, 0.2) is 12.1 Å². The Balaban J connectivity index is 0.00000161. The molecule has 2 fully saturated rings. The maximum Gasteiger partial charge on any atom is 0.0528 e. The van der Waals surface area contributed by atoms with Gasteiger partial charge in [-0.05, 0) is 11.8 Å². The SMILES string of the molecule is Fc1c[c-]cc(C2CCC(C3CCCCC3)CC2)c1F.[La]. The normalized spacial score (nSPS) is 27.1. The van der Waals surface area contributed by atoms with E-state index in [1.165, 1.54) is 44.9 Å². The minimum absolute atomic E-state index is 0. The Morgan fingerprint density at radius 3 is 2.10 bits per heavy atom. The minimum atomic E-state index is -0.753. The summed E-state index contributed by atoms with van der Waals surface area (Å²) in [6, 6.07) is 5.46. The summed E-state index contributed by atoms with van der Waals surface area (Å²) in [4.78, 5) is 0. The van der Waals surface area contributed by atoms with E-state index in [4.69, 9.17) is 0 Å². The van der Waals surface area contributed by atoms with Gasteiger partial charge in [0.25, 0.3) is 0 Å². The van der Waals surface area contributed by atoms with E-state index in [2.05, 4.69) is 6.07 Å². The third kappa shape index (κ3) is 4.17. The van der Waals surface area contributed by atoms with Crippen molar-refractivity contribution in [3.05, 3.63) is 35.4 Å². The van der Waals surface area contributed by atoms with Crippen molar-refractivity contribution in [1.29, 1.82) is 0 Å². The zero-order valence-electron chi connectivity index (χ0n) is 12.6. The van der Waals surface area contributed by atoms with Crippen LogP contribution >= 0.6 is 0 Å². The van der Waals surface area contributed by atoms with Crippen molar-refractivity contribution in [3.63, 3.8) is 0 Å². The van der Waals surface area contributed by atoms with Gasteiger partial charge in [-0.2, -0.15) is 12.1 Å². The molecular formula is C18H23F2La-. The van der Waals surface area contributed by atoms with E-state index in [0.717, 1.165) is 30.7 Å².